The van der Waals surface area contributed by atoms with Crippen molar-refractivity contribution in [3.05, 3.63) is 75.2 Å². The van der Waals surface area contributed by atoms with Gasteiger partial charge in [-0.15, -0.1) is 11.3 Å². The lowest BCUT2D eigenvalue weighted by atomic mass is 9.92. The lowest BCUT2D eigenvalue weighted by molar-refractivity contribution is -0.123. The summed E-state index contributed by atoms with van der Waals surface area (Å²) in [7, 11) is 0. The number of ether oxygens (including phenoxy) is 2. The Labute approximate surface area is 171 Å². The van der Waals surface area contributed by atoms with Gasteiger partial charge in [-0.1, -0.05) is 24.3 Å². The summed E-state index contributed by atoms with van der Waals surface area (Å²) >= 11 is 1.52. The van der Waals surface area contributed by atoms with Crippen LogP contribution in [0.1, 0.15) is 32.2 Å². The van der Waals surface area contributed by atoms with Crippen molar-refractivity contribution in [3.8, 4) is 11.5 Å². The number of carbonyl (C=O) groups excluding carboxylic acids is 2. The third-order valence-electron chi connectivity index (χ3n) is 4.88. The van der Waals surface area contributed by atoms with E-state index in [9.17, 15) is 9.59 Å². The minimum absolute atomic E-state index is 0.149. The van der Waals surface area contributed by atoms with Crippen molar-refractivity contribution >= 4 is 34.8 Å². The van der Waals surface area contributed by atoms with E-state index < -0.39 is 0 Å². The van der Waals surface area contributed by atoms with Crippen molar-refractivity contribution in [1.29, 1.82) is 0 Å². The third-order valence-corrected chi connectivity index (χ3v) is 5.67. The zero-order valence-electron chi connectivity index (χ0n) is 15.5. The Hall–Kier alpha value is -3.45. The molecule has 6 nitrogen and oxygen atoms in total. The van der Waals surface area contributed by atoms with Crippen molar-refractivity contribution < 1.29 is 19.1 Å². The zero-order valence-corrected chi connectivity index (χ0v) is 16.4. The molecule has 0 bridgehead atoms. The first-order valence-electron chi connectivity index (χ1n) is 9.08. The Bertz CT molecular complexity index is 1180. The largest absolute Gasteiger partial charge is 0.454 e. The number of aryl methyl sites for hydroxylation is 1. The maximum Gasteiger partial charge on any atom is 0.261 e. The van der Waals surface area contributed by atoms with Gasteiger partial charge in [0.25, 0.3) is 11.8 Å². The molecular formula is C22H16N2O4S. The number of carbonyl (C=O) groups is 2. The molecule has 0 saturated heterocycles. The minimum atomic E-state index is -0.336. The Kier molecular flexibility index (Phi) is 4.17. The van der Waals surface area contributed by atoms with Gasteiger partial charge in [0.05, 0.1) is 22.8 Å². The number of imide groups is 1. The van der Waals surface area contributed by atoms with E-state index in [1.165, 1.54) is 16.2 Å². The first-order chi connectivity index (χ1) is 14.1. The van der Waals surface area contributed by atoms with Crippen LogP contribution in [0, 0.1) is 6.92 Å². The molecule has 3 heterocycles. The van der Waals surface area contributed by atoms with Gasteiger partial charge in [-0.25, -0.2) is 4.98 Å². The summed E-state index contributed by atoms with van der Waals surface area (Å²) in [5.74, 6) is 0.635. The van der Waals surface area contributed by atoms with Gasteiger partial charge in [-0.2, -0.15) is 0 Å². The van der Waals surface area contributed by atoms with Crippen molar-refractivity contribution in [1.82, 2.24) is 9.88 Å². The number of fused-ring (bicyclic) bond motifs is 2. The van der Waals surface area contributed by atoms with Crippen LogP contribution in [0.2, 0.25) is 0 Å². The zero-order chi connectivity index (χ0) is 20.0. The van der Waals surface area contributed by atoms with Crippen LogP contribution < -0.4 is 9.47 Å². The molecule has 2 aliphatic rings. The molecule has 0 saturated carbocycles. The summed E-state index contributed by atoms with van der Waals surface area (Å²) < 4.78 is 10.7. The van der Waals surface area contributed by atoms with Gasteiger partial charge in [-0.05, 0) is 36.8 Å². The number of thiazole rings is 1. The number of hydrogen-bond donors (Lipinski definition) is 0. The van der Waals surface area contributed by atoms with Crippen LogP contribution in [0.15, 0.2) is 47.8 Å². The lowest BCUT2D eigenvalue weighted by Gasteiger charge is -2.28. The standard InChI is InChI=1S/C22H16N2O4S/c1-13-23-15(11-29-13)9-18-16-4-2-3-5-17(16)21(25)24(22(18)26)10-14-6-7-19-20(8-14)28-12-27-19/h2-9,11H,10,12H2,1H3/b18-9+. The highest BCUT2D eigenvalue weighted by molar-refractivity contribution is 7.09. The summed E-state index contributed by atoms with van der Waals surface area (Å²) in [4.78, 5) is 32.1. The van der Waals surface area contributed by atoms with E-state index in [-0.39, 0.29) is 25.2 Å². The van der Waals surface area contributed by atoms with E-state index in [0.29, 0.717) is 33.9 Å². The van der Waals surface area contributed by atoms with E-state index in [4.69, 9.17) is 9.47 Å². The smallest absolute Gasteiger partial charge is 0.261 e. The molecule has 1 aromatic heterocycles. The maximum atomic E-state index is 13.3. The molecule has 0 N–H and O–H groups in total. The Morgan fingerprint density at radius 2 is 1.86 bits per heavy atom. The third kappa shape index (κ3) is 3.09. The second-order valence-electron chi connectivity index (χ2n) is 6.78. The highest BCUT2D eigenvalue weighted by atomic mass is 32.1. The normalized spacial score (nSPS) is 16.4. The van der Waals surface area contributed by atoms with Crippen LogP contribution in [0.25, 0.3) is 11.6 Å². The maximum absolute atomic E-state index is 13.3. The first-order valence-corrected chi connectivity index (χ1v) is 9.96. The average Bonchev–Trinajstić information content (AvgIpc) is 3.36. The van der Waals surface area contributed by atoms with Gasteiger partial charge >= 0.3 is 0 Å². The van der Waals surface area contributed by atoms with Crippen LogP contribution in [0.4, 0.5) is 0 Å². The Morgan fingerprint density at radius 3 is 2.66 bits per heavy atom. The Balaban J connectivity index is 1.55. The molecule has 0 atom stereocenters. The van der Waals surface area contributed by atoms with Crippen LogP contribution >= 0.6 is 11.3 Å². The highest BCUT2D eigenvalue weighted by Crippen LogP contribution is 2.35. The van der Waals surface area contributed by atoms with Gasteiger partial charge in [0, 0.05) is 16.5 Å². The number of aromatic nitrogens is 1. The highest BCUT2D eigenvalue weighted by Gasteiger charge is 2.35. The van der Waals surface area contributed by atoms with Crippen molar-refractivity contribution in [2.45, 2.75) is 13.5 Å². The van der Waals surface area contributed by atoms with Crippen LogP contribution in [-0.2, 0) is 11.3 Å². The molecule has 5 rings (SSSR count). The number of rotatable bonds is 3. The second kappa shape index (κ2) is 6.86. The van der Waals surface area contributed by atoms with E-state index in [0.717, 1.165) is 10.6 Å². The number of hydrogen-bond acceptors (Lipinski definition) is 6. The summed E-state index contributed by atoms with van der Waals surface area (Å²) in [6, 6.07) is 12.6. The lowest BCUT2D eigenvalue weighted by Crippen LogP contribution is -2.41. The molecule has 7 heteroatoms. The fourth-order valence-corrected chi connectivity index (χ4v) is 4.07. The van der Waals surface area contributed by atoms with E-state index in [2.05, 4.69) is 4.98 Å². The molecule has 2 amide bonds. The van der Waals surface area contributed by atoms with Crippen molar-refractivity contribution in [3.63, 3.8) is 0 Å². The average molecular weight is 404 g/mol. The monoisotopic (exact) mass is 404 g/mol. The van der Waals surface area contributed by atoms with Crippen LogP contribution in [0.3, 0.4) is 0 Å². The minimum Gasteiger partial charge on any atom is -0.454 e. The summed E-state index contributed by atoms with van der Waals surface area (Å²) in [6.07, 6.45) is 1.75. The molecule has 29 heavy (non-hydrogen) atoms. The van der Waals surface area contributed by atoms with Crippen LogP contribution in [0.5, 0.6) is 11.5 Å². The molecular weight excluding hydrogens is 388 g/mol. The SMILES string of the molecule is Cc1nc(/C=C2/C(=O)N(Cc3ccc4c(c3)OCO4)C(=O)c3ccccc32)cs1. The molecule has 0 radical (unpaired) electrons. The predicted molar refractivity (Wildman–Crippen MR) is 109 cm³/mol. The van der Waals surface area contributed by atoms with E-state index in [1.807, 2.05) is 24.4 Å². The molecule has 0 unspecified atom stereocenters. The molecule has 0 aliphatic carbocycles. The van der Waals surface area contributed by atoms with E-state index >= 15 is 0 Å². The van der Waals surface area contributed by atoms with Gasteiger partial charge in [-0.3, -0.25) is 14.5 Å². The fraction of sp³-hybridized carbons (Fsp3) is 0.136. The van der Waals surface area contributed by atoms with Crippen molar-refractivity contribution in [2.75, 3.05) is 6.79 Å². The van der Waals surface area contributed by atoms with Gasteiger partial charge in [0.2, 0.25) is 6.79 Å². The fourth-order valence-electron chi connectivity index (χ4n) is 3.50. The molecule has 0 fully saturated rings. The van der Waals surface area contributed by atoms with Gasteiger partial charge in [0.15, 0.2) is 11.5 Å². The molecule has 144 valence electrons. The van der Waals surface area contributed by atoms with Gasteiger partial charge < -0.3 is 9.47 Å². The summed E-state index contributed by atoms with van der Waals surface area (Å²) in [5, 5.41) is 2.82. The quantitative estimate of drug-likeness (QED) is 0.489. The van der Waals surface area contributed by atoms with Gasteiger partial charge in [0.1, 0.15) is 0 Å². The molecule has 2 aliphatic heterocycles. The van der Waals surface area contributed by atoms with Crippen LogP contribution in [-0.4, -0.2) is 28.5 Å². The molecule has 3 aromatic rings. The second-order valence-corrected chi connectivity index (χ2v) is 7.84. The molecule has 0 spiro atoms. The first kappa shape index (κ1) is 17.6. The number of amides is 2. The topological polar surface area (TPSA) is 68.7 Å². The van der Waals surface area contributed by atoms with E-state index in [1.54, 1.807) is 36.4 Å². The summed E-state index contributed by atoms with van der Waals surface area (Å²) in [5.41, 5.74) is 3.11. The number of benzene rings is 2. The predicted octanol–water partition coefficient (Wildman–Crippen LogP) is 3.90. The summed E-state index contributed by atoms with van der Waals surface area (Å²) in [6.45, 7) is 2.24. The Morgan fingerprint density at radius 1 is 1.07 bits per heavy atom. The van der Waals surface area contributed by atoms with Crippen molar-refractivity contribution in [2.24, 2.45) is 0 Å². The number of nitrogens with zero attached hydrogens (tertiary/aromatic N) is 2. The molecule has 2 aromatic carbocycles.